The SMILES string of the molecule is CC(C)(C)c1cccc(COCC2(c3ccccc3)CCNCC2Cl)c1.Cl. The Kier molecular flexibility index (Phi) is 7.76. The van der Waals surface area contributed by atoms with E-state index in [1.807, 2.05) is 0 Å². The van der Waals surface area contributed by atoms with Gasteiger partial charge in [0.2, 0.25) is 0 Å². The number of benzene rings is 2. The van der Waals surface area contributed by atoms with Crippen LogP contribution in [0.15, 0.2) is 54.6 Å². The van der Waals surface area contributed by atoms with E-state index >= 15 is 0 Å². The summed E-state index contributed by atoms with van der Waals surface area (Å²) in [5.41, 5.74) is 3.87. The van der Waals surface area contributed by atoms with Gasteiger partial charge in [-0.15, -0.1) is 24.0 Å². The molecule has 2 nitrogen and oxygen atoms in total. The second-order valence-corrected chi connectivity index (χ2v) is 8.91. The molecule has 2 aromatic carbocycles. The van der Waals surface area contributed by atoms with Gasteiger partial charge >= 0.3 is 0 Å². The van der Waals surface area contributed by atoms with E-state index in [-0.39, 0.29) is 28.6 Å². The van der Waals surface area contributed by atoms with Crippen LogP contribution in [0.2, 0.25) is 0 Å². The van der Waals surface area contributed by atoms with Crippen molar-refractivity contribution in [2.75, 3.05) is 19.7 Å². The summed E-state index contributed by atoms with van der Waals surface area (Å²) in [6.07, 6.45) is 0.993. The van der Waals surface area contributed by atoms with Crippen molar-refractivity contribution in [3.63, 3.8) is 0 Å². The molecule has 148 valence electrons. The number of piperidine rings is 1. The van der Waals surface area contributed by atoms with Crippen LogP contribution >= 0.6 is 24.0 Å². The van der Waals surface area contributed by atoms with E-state index in [1.54, 1.807) is 0 Å². The molecule has 0 aliphatic carbocycles. The Bertz CT molecular complexity index is 714. The molecule has 2 unspecified atom stereocenters. The van der Waals surface area contributed by atoms with Crippen molar-refractivity contribution in [1.82, 2.24) is 5.32 Å². The molecule has 1 aliphatic rings. The fourth-order valence-electron chi connectivity index (χ4n) is 3.71. The highest BCUT2D eigenvalue weighted by atomic mass is 35.5. The van der Waals surface area contributed by atoms with Gasteiger partial charge in [-0.2, -0.15) is 0 Å². The average Bonchev–Trinajstić information content (AvgIpc) is 2.64. The smallest absolute Gasteiger partial charge is 0.0717 e. The Balaban J connectivity index is 0.00000261. The average molecular weight is 408 g/mol. The van der Waals surface area contributed by atoms with Crippen molar-refractivity contribution >= 4 is 24.0 Å². The maximum atomic E-state index is 6.80. The quantitative estimate of drug-likeness (QED) is 0.664. The first-order valence-corrected chi connectivity index (χ1v) is 9.93. The van der Waals surface area contributed by atoms with Crippen LogP contribution in [0, 0.1) is 0 Å². The Hall–Kier alpha value is -1.06. The van der Waals surface area contributed by atoms with Crippen LogP contribution in [-0.4, -0.2) is 25.1 Å². The topological polar surface area (TPSA) is 21.3 Å². The molecule has 1 N–H and O–H groups in total. The molecular formula is C23H31Cl2NO. The minimum Gasteiger partial charge on any atom is -0.376 e. The summed E-state index contributed by atoms with van der Waals surface area (Å²) < 4.78 is 6.24. The molecule has 0 spiro atoms. The molecule has 0 saturated carbocycles. The summed E-state index contributed by atoms with van der Waals surface area (Å²) in [4.78, 5) is 0. The van der Waals surface area contributed by atoms with Crippen LogP contribution in [0.25, 0.3) is 0 Å². The Labute approximate surface area is 175 Å². The van der Waals surface area contributed by atoms with Gasteiger partial charge in [-0.05, 0) is 35.1 Å². The van der Waals surface area contributed by atoms with E-state index in [4.69, 9.17) is 16.3 Å². The highest BCUT2D eigenvalue weighted by Crippen LogP contribution is 2.37. The van der Waals surface area contributed by atoms with Crippen molar-refractivity contribution < 1.29 is 4.74 Å². The maximum Gasteiger partial charge on any atom is 0.0717 e. The molecular weight excluding hydrogens is 377 g/mol. The zero-order chi connectivity index (χ0) is 18.6. The number of hydrogen-bond donors (Lipinski definition) is 1. The molecule has 1 saturated heterocycles. The van der Waals surface area contributed by atoms with Gasteiger partial charge in [0, 0.05) is 12.0 Å². The van der Waals surface area contributed by atoms with Gasteiger partial charge in [-0.1, -0.05) is 75.4 Å². The Morgan fingerprint density at radius 3 is 2.52 bits per heavy atom. The highest BCUT2D eigenvalue weighted by molar-refractivity contribution is 6.21. The minimum atomic E-state index is -0.129. The minimum absolute atomic E-state index is 0. The lowest BCUT2D eigenvalue weighted by Gasteiger charge is -2.42. The predicted octanol–water partition coefficient (Wildman–Crippen LogP) is 5.46. The van der Waals surface area contributed by atoms with Crippen LogP contribution in [-0.2, 0) is 22.2 Å². The van der Waals surface area contributed by atoms with Crippen molar-refractivity contribution in [3.8, 4) is 0 Å². The number of ether oxygens (including phenoxy) is 1. The molecule has 3 rings (SSSR count). The third-order valence-electron chi connectivity index (χ3n) is 5.44. The molecule has 2 aromatic rings. The summed E-state index contributed by atoms with van der Waals surface area (Å²) in [5, 5.41) is 3.43. The van der Waals surface area contributed by atoms with Gasteiger partial charge in [0.25, 0.3) is 0 Å². The summed E-state index contributed by atoms with van der Waals surface area (Å²) in [5.74, 6) is 0. The predicted molar refractivity (Wildman–Crippen MR) is 117 cm³/mol. The van der Waals surface area contributed by atoms with Gasteiger partial charge < -0.3 is 10.1 Å². The van der Waals surface area contributed by atoms with Crippen molar-refractivity contribution in [2.45, 2.75) is 50.0 Å². The normalized spacial score (nSPS) is 22.9. The summed E-state index contributed by atoms with van der Waals surface area (Å²) in [6.45, 7) is 9.78. The molecule has 27 heavy (non-hydrogen) atoms. The number of rotatable bonds is 5. The number of nitrogens with one attached hydrogen (secondary N) is 1. The van der Waals surface area contributed by atoms with Crippen LogP contribution in [0.3, 0.4) is 0 Å². The fraction of sp³-hybridized carbons (Fsp3) is 0.478. The van der Waals surface area contributed by atoms with E-state index in [2.05, 4.69) is 80.7 Å². The second kappa shape index (κ2) is 9.43. The summed E-state index contributed by atoms with van der Waals surface area (Å²) >= 11 is 6.80. The third-order valence-corrected chi connectivity index (χ3v) is 6.01. The van der Waals surface area contributed by atoms with Crippen LogP contribution in [0.4, 0.5) is 0 Å². The van der Waals surface area contributed by atoms with E-state index in [0.29, 0.717) is 13.2 Å². The first-order valence-electron chi connectivity index (χ1n) is 9.49. The maximum absolute atomic E-state index is 6.80. The van der Waals surface area contributed by atoms with Gasteiger partial charge in [0.15, 0.2) is 0 Å². The number of hydrogen-bond acceptors (Lipinski definition) is 2. The molecule has 0 amide bonds. The molecule has 0 bridgehead atoms. The molecule has 2 atom stereocenters. The molecule has 1 heterocycles. The summed E-state index contributed by atoms with van der Waals surface area (Å²) in [6, 6.07) is 19.3. The number of alkyl halides is 1. The van der Waals surface area contributed by atoms with E-state index in [9.17, 15) is 0 Å². The molecule has 1 aliphatic heterocycles. The molecule has 4 heteroatoms. The third kappa shape index (κ3) is 5.26. The Morgan fingerprint density at radius 2 is 1.85 bits per heavy atom. The van der Waals surface area contributed by atoms with Gasteiger partial charge in [-0.25, -0.2) is 0 Å². The molecule has 0 radical (unpaired) electrons. The monoisotopic (exact) mass is 407 g/mol. The van der Waals surface area contributed by atoms with Gasteiger partial charge in [0.1, 0.15) is 0 Å². The number of halogens is 2. The molecule has 0 aromatic heterocycles. The zero-order valence-electron chi connectivity index (χ0n) is 16.5. The van der Waals surface area contributed by atoms with Gasteiger partial charge in [0.05, 0.1) is 18.6 Å². The fourth-order valence-corrected chi connectivity index (χ4v) is 4.12. The van der Waals surface area contributed by atoms with Crippen molar-refractivity contribution in [3.05, 3.63) is 71.3 Å². The highest BCUT2D eigenvalue weighted by Gasteiger charge is 2.41. The molecule has 1 fully saturated rings. The largest absolute Gasteiger partial charge is 0.376 e. The zero-order valence-corrected chi connectivity index (χ0v) is 18.1. The van der Waals surface area contributed by atoms with Crippen molar-refractivity contribution in [1.29, 1.82) is 0 Å². The van der Waals surface area contributed by atoms with E-state index < -0.39 is 0 Å². The van der Waals surface area contributed by atoms with E-state index in [0.717, 1.165) is 19.5 Å². The van der Waals surface area contributed by atoms with Crippen LogP contribution in [0.5, 0.6) is 0 Å². The van der Waals surface area contributed by atoms with Gasteiger partial charge in [-0.3, -0.25) is 0 Å². The van der Waals surface area contributed by atoms with Crippen LogP contribution in [0.1, 0.15) is 43.9 Å². The lowest BCUT2D eigenvalue weighted by molar-refractivity contribution is 0.0583. The van der Waals surface area contributed by atoms with E-state index in [1.165, 1.54) is 16.7 Å². The van der Waals surface area contributed by atoms with Crippen LogP contribution < -0.4 is 5.32 Å². The lowest BCUT2D eigenvalue weighted by Crippen LogP contribution is -2.52. The first-order chi connectivity index (χ1) is 12.4. The Morgan fingerprint density at radius 1 is 1.11 bits per heavy atom. The van der Waals surface area contributed by atoms with Crippen molar-refractivity contribution in [2.24, 2.45) is 0 Å². The standard InChI is InChI=1S/C23H30ClNO.ClH/c1-22(2,3)20-11-7-8-18(14-20)16-26-17-23(12-13-25-15-21(23)24)19-9-5-4-6-10-19;/h4-11,14,21,25H,12-13,15-17H2,1-3H3;1H. The summed E-state index contributed by atoms with van der Waals surface area (Å²) in [7, 11) is 0. The first kappa shape index (κ1) is 22.2. The lowest BCUT2D eigenvalue weighted by atomic mass is 9.73. The second-order valence-electron chi connectivity index (χ2n) is 8.39.